The first-order valence-corrected chi connectivity index (χ1v) is 10.8. The average molecular weight is 411 g/mol. The molecule has 0 unspecified atom stereocenters. The highest BCUT2D eigenvalue weighted by Crippen LogP contribution is 2.49. The van der Waals surface area contributed by atoms with Crippen molar-refractivity contribution in [2.45, 2.75) is 38.6 Å². The summed E-state index contributed by atoms with van der Waals surface area (Å²) in [6.07, 6.45) is 5.36. The van der Waals surface area contributed by atoms with Crippen molar-refractivity contribution in [2.24, 2.45) is 17.8 Å². The first kappa shape index (κ1) is 20.1. The lowest BCUT2D eigenvalue weighted by Crippen LogP contribution is -2.40. The van der Waals surface area contributed by atoms with Crippen molar-refractivity contribution in [3.8, 4) is 0 Å². The highest BCUT2D eigenvalue weighted by atomic mass is 35.5. The Hall–Kier alpha value is -2.17. The van der Waals surface area contributed by atoms with Gasteiger partial charge in [-0.05, 0) is 62.1 Å². The number of hydrogen-bond donors (Lipinski definition) is 2. The van der Waals surface area contributed by atoms with Gasteiger partial charge in [-0.25, -0.2) is 0 Å². The van der Waals surface area contributed by atoms with Gasteiger partial charge in [0.05, 0.1) is 12.2 Å². The molecule has 1 amide bonds. The van der Waals surface area contributed by atoms with Crippen LogP contribution in [0.2, 0.25) is 5.02 Å². The number of fused-ring (bicyclic) bond motifs is 2. The van der Waals surface area contributed by atoms with Crippen LogP contribution >= 0.6 is 11.6 Å². The van der Waals surface area contributed by atoms with Gasteiger partial charge in [-0.1, -0.05) is 48.4 Å². The maximum absolute atomic E-state index is 12.9. The van der Waals surface area contributed by atoms with Crippen molar-refractivity contribution in [1.29, 1.82) is 0 Å². The van der Waals surface area contributed by atoms with Gasteiger partial charge < -0.3 is 10.6 Å². The van der Waals surface area contributed by atoms with Gasteiger partial charge in [0.25, 0.3) is 0 Å². The van der Waals surface area contributed by atoms with Crippen LogP contribution in [-0.2, 0) is 4.79 Å². The third-order valence-electron chi connectivity index (χ3n) is 6.56. The van der Waals surface area contributed by atoms with Gasteiger partial charge in [-0.2, -0.15) is 0 Å². The number of ketones is 1. The van der Waals surface area contributed by atoms with Crippen LogP contribution in [0.4, 0.5) is 5.69 Å². The molecule has 2 fully saturated rings. The molecule has 2 aliphatic carbocycles. The Labute approximate surface area is 177 Å². The molecule has 0 aromatic heterocycles. The molecule has 0 heterocycles. The summed E-state index contributed by atoms with van der Waals surface area (Å²) in [6, 6.07) is 14.3. The normalized spacial score (nSPS) is 23.7. The van der Waals surface area contributed by atoms with Gasteiger partial charge in [0.15, 0.2) is 5.78 Å². The maximum atomic E-state index is 12.9. The van der Waals surface area contributed by atoms with Crippen molar-refractivity contribution in [3.05, 3.63) is 64.7 Å². The largest absolute Gasteiger partial charge is 0.324 e. The Morgan fingerprint density at radius 2 is 1.90 bits per heavy atom. The van der Waals surface area contributed by atoms with Gasteiger partial charge in [0.2, 0.25) is 5.91 Å². The lowest BCUT2D eigenvalue weighted by Gasteiger charge is -2.28. The molecule has 2 bridgehead atoms. The minimum absolute atomic E-state index is 0.149. The molecule has 2 aromatic rings. The number of rotatable bonds is 7. The summed E-state index contributed by atoms with van der Waals surface area (Å²) in [7, 11) is 0. The van der Waals surface area contributed by atoms with E-state index in [4.69, 9.17) is 11.6 Å². The van der Waals surface area contributed by atoms with Crippen LogP contribution in [0.5, 0.6) is 0 Å². The van der Waals surface area contributed by atoms with Crippen LogP contribution in [0.15, 0.2) is 48.5 Å². The second-order valence-corrected chi connectivity index (χ2v) is 8.88. The molecule has 0 radical (unpaired) electrons. The summed E-state index contributed by atoms with van der Waals surface area (Å²) in [6.45, 7) is 2.42. The molecule has 0 saturated heterocycles. The van der Waals surface area contributed by atoms with Crippen LogP contribution in [0.3, 0.4) is 0 Å². The highest BCUT2D eigenvalue weighted by Gasteiger charge is 2.41. The summed E-state index contributed by atoms with van der Waals surface area (Å²) in [5.41, 5.74) is 1.45. The molecule has 4 atom stereocenters. The second-order valence-electron chi connectivity index (χ2n) is 8.44. The topological polar surface area (TPSA) is 58.2 Å². The Morgan fingerprint density at radius 3 is 2.59 bits per heavy atom. The third-order valence-corrected chi connectivity index (χ3v) is 6.79. The molecule has 2 saturated carbocycles. The smallest absolute Gasteiger partial charge is 0.238 e. The zero-order valence-corrected chi connectivity index (χ0v) is 17.4. The molecule has 0 spiro atoms. The lowest BCUT2D eigenvalue weighted by atomic mass is 9.84. The third kappa shape index (κ3) is 4.54. The number of carbonyl (C=O) groups is 2. The van der Waals surface area contributed by atoms with Gasteiger partial charge >= 0.3 is 0 Å². The average Bonchev–Trinajstić information content (AvgIpc) is 3.37. The minimum atomic E-state index is -0.160. The van der Waals surface area contributed by atoms with E-state index in [1.54, 1.807) is 30.3 Å². The molecule has 29 heavy (non-hydrogen) atoms. The molecule has 2 aliphatic rings. The predicted molar refractivity (Wildman–Crippen MR) is 116 cm³/mol. The lowest BCUT2D eigenvalue weighted by molar-refractivity contribution is -0.115. The Balaban J connectivity index is 1.40. The first-order chi connectivity index (χ1) is 14.0. The van der Waals surface area contributed by atoms with E-state index >= 15 is 0 Å². The molecule has 2 aromatic carbocycles. The molecule has 2 N–H and O–H groups in total. The summed E-state index contributed by atoms with van der Waals surface area (Å²) in [4.78, 5) is 25.5. The fraction of sp³-hybridized carbons (Fsp3) is 0.417. The Bertz CT molecular complexity index is 899. The van der Waals surface area contributed by atoms with Gasteiger partial charge in [-0.3, -0.25) is 9.59 Å². The number of nitrogens with one attached hydrogen (secondary N) is 2. The zero-order valence-electron chi connectivity index (χ0n) is 16.7. The van der Waals surface area contributed by atoms with Crippen LogP contribution in [0.1, 0.15) is 48.5 Å². The van der Waals surface area contributed by atoms with Gasteiger partial charge in [-0.15, -0.1) is 0 Å². The van der Waals surface area contributed by atoms with Gasteiger partial charge in [0, 0.05) is 22.2 Å². The van der Waals surface area contributed by atoms with E-state index in [0.717, 1.165) is 11.8 Å². The monoisotopic (exact) mass is 410 g/mol. The number of benzene rings is 2. The Morgan fingerprint density at radius 1 is 1.10 bits per heavy atom. The number of carbonyl (C=O) groups excluding carboxylic acids is 2. The molecule has 0 aliphatic heterocycles. The van der Waals surface area contributed by atoms with Crippen LogP contribution in [-0.4, -0.2) is 24.3 Å². The number of anilines is 1. The standard InChI is InChI=1S/C24H27ClN2O2/c1-15(20-12-16-7-8-18(20)11-16)26-14-23(28)27-22-10-9-19(25)13-21(22)24(29)17-5-3-2-4-6-17/h2-6,9-10,13,15-16,18,20,26H,7-8,11-12,14H2,1H3,(H,27,28)/t15-,16-,18+,20-/m1/s1. The van der Waals surface area contributed by atoms with Crippen molar-refractivity contribution in [3.63, 3.8) is 0 Å². The number of amides is 1. The van der Waals surface area contributed by atoms with E-state index in [1.807, 2.05) is 18.2 Å². The molecule has 152 valence electrons. The quantitative estimate of drug-likeness (QED) is 0.636. The van der Waals surface area contributed by atoms with Crippen molar-refractivity contribution >= 4 is 29.0 Å². The zero-order chi connectivity index (χ0) is 20.4. The fourth-order valence-electron chi connectivity index (χ4n) is 5.06. The summed E-state index contributed by atoms with van der Waals surface area (Å²) in [5, 5.41) is 6.75. The predicted octanol–water partition coefficient (Wildman–Crippen LogP) is 4.92. The van der Waals surface area contributed by atoms with E-state index in [9.17, 15) is 9.59 Å². The van der Waals surface area contributed by atoms with E-state index < -0.39 is 0 Å². The van der Waals surface area contributed by atoms with Crippen molar-refractivity contribution in [1.82, 2.24) is 5.32 Å². The molecule has 5 heteroatoms. The van der Waals surface area contributed by atoms with Gasteiger partial charge in [0.1, 0.15) is 0 Å². The van der Waals surface area contributed by atoms with Crippen LogP contribution in [0.25, 0.3) is 0 Å². The van der Waals surface area contributed by atoms with Crippen LogP contribution in [0, 0.1) is 17.8 Å². The summed E-state index contributed by atoms with van der Waals surface area (Å²) < 4.78 is 0. The Kier molecular flexibility index (Phi) is 6.02. The molecular weight excluding hydrogens is 384 g/mol. The highest BCUT2D eigenvalue weighted by molar-refractivity contribution is 6.31. The molecule has 4 nitrogen and oxygen atoms in total. The minimum Gasteiger partial charge on any atom is -0.324 e. The van der Waals surface area contributed by atoms with E-state index in [-0.39, 0.29) is 18.2 Å². The SMILES string of the molecule is C[C@@H](NCC(=O)Nc1ccc(Cl)cc1C(=O)c1ccccc1)[C@H]1C[C@@H]2CC[C@H]1C2. The van der Waals surface area contributed by atoms with E-state index in [1.165, 1.54) is 25.7 Å². The first-order valence-electron chi connectivity index (χ1n) is 10.4. The van der Waals surface area contributed by atoms with Crippen LogP contribution < -0.4 is 10.6 Å². The van der Waals surface area contributed by atoms with Crippen molar-refractivity contribution in [2.75, 3.05) is 11.9 Å². The maximum Gasteiger partial charge on any atom is 0.238 e. The van der Waals surface area contributed by atoms with E-state index in [0.29, 0.717) is 33.8 Å². The molecule has 4 rings (SSSR count). The van der Waals surface area contributed by atoms with E-state index in [2.05, 4.69) is 17.6 Å². The summed E-state index contributed by atoms with van der Waals surface area (Å²) in [5.74, 6) is 2.07. The molecular formula is C24H27ClN2O2. The fourth-order valence-corrected chi connectivity index (χ4v) is 5.24. The van der Waals surface area contributed by atoms with Crippen molar-refractivity contribution < 1.29 is 9.59 Å². The summed E-state index contributed by atoms with van der Waals surface area (Å²) >= 11 is 6.11. The second kappa shape index (κ2) is 8.68. The number of halogens is 1. The number of hydrogen-bond acceptors (Lipinski definition) is 3.